The van der Waals surface area contributed by atoms with Crippen molar-refractivity contribution in [2.75, 3.05) is 25.1 Å². The number of ether oxygens (including phenoxy) is 1. The van der Waals surface area contributed by atoms with E-state index in [0.29, 0.717) is 12.5 Å². The number of nitrogens with one attached hydrogen (secondary N) is 1. The van der Waals surface area contributed by atoms with Gasteiger partial charge >= 0.3 is 0 Å². The van der Waals surface area contributed by atoms with E-state index in [1.54, 1.807) is 7.11 Å². The second kappa shape index (κ2) is 9.30. The maximum absolute atomic E-state index is 12.5. The van der Waals surface area contributed by atoms with Gasteiger partial charge in [-0.15, -0.1) is 0 Å². The van der Waals surface area contributed by atoms with Crippen molar-refractivity contribution in [3.63, 3.8) is 0 Å². The van der Waals surface area contributed by atoms with Crippen molar-refractivity contribution in [1.82, 2.24) is 5.32 Å². The molecule has 0 bridgehead atoms. The Morgan fingerprint density at radius 1 is 1.24 bits per heavy atom. The largest absolute Gasteiger partial charge is 0.497 e. The highest BCUT2D eigenvalue weighted by Crippen LogP contribution is 2.24. The molecular formula is C19H29N3O3. The highest BCUT2D eigenvalue weighted by Gasteiger charge is 2.23. The molecule has 0 unspecified atom stereocenters. The zero-order chi connectivity index (χ0) is 18.2. The second-order valence-electron chi connectivity index (χ2n) is 6.77. The fourth-order valence-electron chi connectivity index (χ4n) is 3.29. The van der Waals surface area contributed by atoms with E-state index in [0.717, 1.165) is 24.3 Å². The number of methoxy groups -OCH3 is 1. The third-order valence-electron chi connectivity index (χ3n) is 4.86. The van der Waals surface area contributed by atoms with Crippen LogP contribution in [0.15, 0.2) is 24.3 Å². The highest BCUT2D eigenvalue weighted by atomic mass is 16.5. The predicted octanol–water partition coefficient (Wildman–Crippen LogP) is 2.07. The van der Waals surface area contributed by atoms with Crippen LogP contribution >= 0.6 is 0 Å². The average Bonchev–Trinajstić information content (AvgIpc) is 2.60. The number of amides is 2. The molecule has 2 atom stereocenters. The van der Waals surface area contributed by atoms with E-state index in [2.05, 4.69) is 12.2 Å². The summed E-state index contributed by atoms with van der Waals surface area (Å²) in [7, 11) is 1.61. The first-order chi connectivity index (χ1) is 12.0. The molecule has 0 spiro atoms. The Labute approximate surface area is 149 Å². The molecule has 2 rings (SSSR count). The molecule has 2 amide bonds. The summed E-state index contributed by atoms with van der Waals surface area (Å²) in [6.07, 6.45) is 4.81. The topological polar surface area (TPSA) is 84.7 Å². The van der Waals surface area contributed by atoms with Crippen LogP contribution in [-0.2, 0) is 9.59 Å². The SMILES string of the molecule is COc1ccc(N(CCC(N)=O)CC(=O)N[C@H]2CCCC[C@@H]2C)cc1. The van der Waals surface area contributed by atoms with Crippen molar-refractivity contribution in [3.05, 3.63) is 24.3 Å². The number of nitrogens with two attached hydrogens (primary N) is 1. The van der Waals surface area contributed by atoms with Gasteiger partial charge in [-0.05, 0) is 43.0 Å². The summed E-state index contributed by atoms with van der Waals surface area (Å²) in [5.74, 6) is 0.871. The number of anilines is 1. The molecule has 1 fully saturated rings. The van der Waals surface area contributed by atoms with Crippen molar-refractivity contribution < 1.29 is 14.3 Å². The summed E-state index contributed by atoms with van der Waals surface area (Å²) in [4.78, 5) is 25.6. The lowest BCUT2D eigenvalue weighted by atomic mass is 9.86. The molecule has 0 heterocycles. The number of primary amides is 1. The fraction of sp³-hybridized carbons (Fsp3) is 0.579. The van der Waals surface area contributed by atoms with Gasteiger partial charge in [-0.1, -0.05) is 19.8 Å². The lowest BCUT2D eigenvalue weighted by Crippen LogP contribution is -2.46. The Hall–Kier alpha value is -2.24. The van der Waals surface area contributed by atoms with Gasteiger partial charge in [0.1, 0.15) is 5.75 Å². The van der Waals surface area contributed by atoms with Crippen molar-refractivity contribution in [3.8, 4) is 5.75 Å². The summed E-state index contributed by atoms with van der Waals surface area (Å²) >= 11 is 0. The van der Waals surface area contributed by atoms with Crippen LogP contribution in [0.5, 0.6) is 5.75 Å². The molecule has 1 aliphatic carbocycles. The van der Waals surface area contributed by atoms with Gasteiger partial charge in [0.25, 0.3) is 0 Å². The van der Waals surface area contributed by atoms with Gasteiger partial charge < -0.3 is 20.7 Å². The number of hydrogen-bond donors (Lipinski definition) is 2. The average molecular weight is 347 g/mol. The second-order valence-corrected chi connectivity index (χ2v) is 6.77. The number of rotatable bonds is 8. The minimum Gasteiger partial charge on any atom is -0.497 e. The molecule has 1 aliphatic rings. The molecule has 1 aromatic carbocycles. The Balaban J connectivity index is 2.00. The van der Waals surface area contributed by atoms with E-state index >= 15 is 0 Å². The molecule has 25 heavy (non-hydrogen) atoms. The van der Waals surface area contributed by atoms with E-state index < -0.39 is 0 Å². The monoisotopic (exact) mass is 347 g/mol. The van der Waals surface area contributed by atoms with Crippen LogP contribution < -0.4 is 20.7 Å². The van der Waals surface area contributed by atoms with Gasteiger partial charge in [-0.25, -0.2) is 0 Å². The third-order valence-corrected chi connectivity index (χ3v) is 4.86. The van der Waals surface area contributed by atoms with Gasteiger partial charge in [0.15, 0.2) is 0 Å². The Morgan fingerprint density at radius 2 is 1.92 bits per heavy atom. The molecule has 3 N–H and O–H groups in total. The van der Waals surface area contributed by atoms with Crippen LogP contribution in [0.25, 0.3) is 0 Å². The quantitative estimate of drug-likeness (QED) is 0.754. The number of carbonyl (C=O) groups is 2. The highest BCUT2D eigenvalue weighted by molar-refractivity contribution is 5.82. The summed E-state index contributed by atoms with van der Waals surface area (Å²) in [5, 5.41) is 3.16. The smallest absolute Gasteiger partial charge is 0.239 e. The molecule has 138 valence electrons. The summed E-state index contributed by atoms with van der Waals surface area (Å²) in [5.41, 5.74) is 6.15. The van der Waals surface area contributed by atoms with E-state index in [9.17, 15) is 9.59 Å². The maximum atomic E-state index is 12.5. The van der Waals surface area contributed by atoms with Crippen LogP contribution in [0.1, 0.15) is 39.0 Å². The standard InChI is InChI=1S/C19H29N3O3/c1-14-5-3-4-6-17(14)21-19(24)13-22(12-11-18(20)23)15-7-9-16(25-2)10-8-15/h7-10,14,17H,3-6,11-13H2,1-2H3,(H2,20,23)(H,21,24)/t14-,17-/m0/s1. The van der Waals surface area contributed by atoms with Crippen LogP contribution in [-0.4, -0.2) is 38.1 Å². The summed E-state index contributed by atoms with van der Waals surface area (Å²) in [6.45, 7) is 2.82. The van der Waals surface area contributed by atoms with E-state index in [1.165, 1.54) is 12.8 Å². The molecular weight excluding hydrogens is 318 g/mol. The number of carbonyl (C=O) groups excluding carboxylic acids is 2. The van der Waals surface area contributed by atoms with Crippen molar-refractivity contribution in [2.24, 2.45) is 11.7 Å². The van der Waals surface area contributed by atoms with Gasteiger partial charge in [0.2, 0.25) is 11.8 Å². The lowest BCUT2D eigenvalue weighted by molar-refractivity contribution is -0.121. The molecule has 6 nitrogen and oxygen atoms in total. The van der Waals surface area contributed by atoms with Crippen LogP contribution in [0.4, 0.5) is 5.69 Å². The first-order valence-corrected chi connectivity index (χ1v) is 8.96. The first-order valence-electron chi connectivity index (χ1n) is 8.96. The Kier molecular flexibility index (Phi) is 7.10. The number of nitrogens with zero attached hydrogens (tertiary/aromatic N) is 1. The minimum absolute atomic E-state index is 0.0148. The van der Waals surface area contributed by atoms with Crippen molar-refractivity contribution in [2.45, 2.75) is 45.1 Å². The summed E-state index contributed by atoms with van der Waals surface area (Å²) in [6, 6.07) is 7.70. The maximum Gasteiger partial charge on any atom is 0.239 e. The van der Waals surface area contributed by atoms with Gasteiger partial charge in [-0.2, -0.15) is 0 Å². The molecule has 6 heteroatoms. The van der Waals surface area contributed by atoms with Crippen molar-refractivity contribution >= 4 is 17.5 Å². The van der Waals surface area contributed by atoms with E-state index in [4.69, 9.17) is 10.5 Å². The molecule has 0 aliphatic heterocycles. The van der Waals surface area contributed by atoms with Gasteiger partial charge in [0.05, 0.1) is 13.7 Å². The van der Waals surface area contributed by atoms with Gasteiger partial charge in [0, 0.05) is 24.7 Å². The third kappa shape index (κ3) is 5.96. The zero-order valence-electron chi connectivity index (χ0n) is 15.2. The molecule has 1 saturated carbocycles. The molecule has 0 saturated heterocycles. The summed E-state index contributed by atoms with van der Waals surface area (Å²) < 4.78 is 5.17. The zero-order valence-corrected chi connectivity index (χ0v) is 15.2. The van der Waals surface area contributed by atoms with E-state index in [1.807, 2.05) is 29.2 Å². The lowest BCUT2D eigenvalue weighted by Gasteiger charge is -2.31. The normalized spacial score (nSPS) is 19.9. The van der Waals surface area contributed by atoms with E-state index in [-0.39, 0.29) is 30.8 Å². The minimum atomic E-state index is -0.375. The van der Waals surface area contributed by atoms with Crippen molar-refractivity contribution in [1.29, 1.82) is 0 Å². The first kappa shape index (κ1) is 19.1. The Bertz CT molecular complexity index is 574. The Morgan fingerprint density at radius 3 is 2.52 bits per heavy atom. The fourth-order valence-corrected chi connectivity index (χ4v) is 3.29. The molecule has 0 radical (unpaired) electrons. The number of hydrogen-bond acceptors (Lipinski definition) is 4. The van der Waals surface area contributed by atoms with Crippen LogP contribution in [0, 0.1) is 5.92 Å². The van der Waals surface area contributed by atoms with Crippen LogP contribution in [0.3, 0.4) is 0 Å². The van der Waals surface area contributed by atoms with Gasteiger partial charge in [-0.3, -0.25) is 9.59 Å². The number of benzene rings is 1. The molecule has 1 aromatic rings. The predicted molar refractivity (Wildman–Crippen MR) is 98.6 cm³/mol. The van der Waals surface area contributed by atoms with Crippen LogP contribution in [0.2, 0.25) is 0 Å². The molecule has 0 aromatic heterocycles.